The number of para-hydroxylation sites is 1. The fourth-order valence-electron chi connectivity index (χ4n) is 3.49. The molecule has 160 valence electrons. The van der Waals surface area contributed by atoms with E-state index in [1.807, 2.05) is 58.0 Å². The Morgan fingerprint density at radius 3 is 2.47 bits per heavy atom. The van der Waals surface area contributed by atoms with Crippen molar-refractivity contribution < 1.29 is 18.3 Å². The lowest BCUT2D eigenvalue weighted by Gasteiger charge is -2.23. The first-order valence-electron chi connectivity index (χ1n) is 9.82. The molecular formula is C23H28N2O4S. The van der Waals surface area contributed by atoms with Gasteiger partial charge < -0.3 is 10.1 Å². The maximum Gasteiger partial charge on any atom is 0.322 e. The number of benzene rings is 2. The molecule has 0 bridgehead atoms. The molecule has 1 heterocycles. The van der Waals surface area contributed by atoms with Crippen LogP contribution in [0, 0.1) is 13.8 Å². The number of carboxylic acids is 1. The van der Waals surface area contributed by atoms with Crippen LogP contribution < -0.4 is 4.72 Å². The summed E-state index contributed by atoms with van der Waals surface area (Å²) in [7, 11) is -4.04. The second kappa shape index (κ2) is 7.89. The summed E-state index contributed by atoms with van der Waals surface area (Å²) in [6.45, 7) is 9.64. The summed E-state index contributed by atoms with van der Waals surface area (Å²) in [4.78, 5) is 15.1. The first-order valence-corrected chi connectivity index (χ1v) is 11.3. The van der Waals surface area contributed by atoms with Gasteiger partial charge in [-0.3, -0.25) is 4.79 Å². The number of hydrogen-bond acceptors (Lipinski definition) is 3. The van der Waals surface area contributed by atoms with Gasteiger partial charge in [-0.1, -0.05) is 45.0 Å². The molecule has 0 aliphatic rings. The molecule has 3 aromatic rings. The topological polar surface area (TPSA) is 99.3 Å². The standard InChI is InChI=1S/C23H28N2O4S/c1-14-10-17(23(3,4)5)12-21(15(14)2)30(28,29)25-20(22(26)27)11-16-13-24-19-9-7-6-8-18(16)19/h6-10,12-13,20,24-25H,11H2,1-5H3,(H,26,27). The summed E-state index contributed by atoms with van der Waals surface area (Å²) in [6, 6.07) is 9.87. The minimum atomic E-state index is -4.04. The summed E-state index contributed by atoms with van der Waals surface area (Å²) in [5, 5.41) is 10.6. The van der Waals surface area contributed by atoms with E-state index in [0.29, 0.717) is 5.56 Å². The highest BCUT2D eigenvalue weighted by molar-refractivity contribution is 7.89. The SMILES string of the molecule is Cc1cc(C(C)(C)C)cc(S(=O)(=O)NC(Cc2c[nH]c3ccccc23)C(=O)O)c1C. The van der Waals surface area contributed by atoms with Crippen molar-refractivity contribution in [2.24, 2.45) is 0 Å². The number of carboxylic acid groups (broad SMARTS) is 1. The van der Waals surface area contributed by atoms with Crippen LogP contribution in [-0.2, 0) is 26.7 Å². The summed E-state index contributed by atoms with van der Waals surface area (Å²) in [5.41, 5.74) is 3.74. The van der Waals surface area contributed by atoms with Crippen LogP contribution in [0.1, 0.15) is 43.0 Å². The number of fused-ring (bicyclic) bond motifs is 1. The number of hydrogen-bond donors (Lipinski definition) is 3. The van der Waals surface area contributed by atoms with Crippen molar-refractivity contribution in [3.8, 4) is 0 Å². The molecule has 0 aliphatic carbocycles. The molecule has 3 N–H and O–H groups in total. The average Bonchev–Trinajstić information content (AvgIpc) is 3.05. The number of nitrogens with one attached hydrogen (secondary N) is 2. The van der Waals surface area contributed by atoms with Crippen molar-refractivity contribution in [1.82, 2.24) is 9.71 Å². The highest BCUT2D eigenvalue weighted by Gasteiger charge is 2.29. The number of carbonyl (C=O) groups is 1. The smallest absolute Gasteiger partial charge is 0.322 e. The van der Waals surface area contributed by atoms with Gasteiger partial charge >= 0.3 is 5.97 Å². The maximum absolute atomic E-state index is 13.2. The Morgan fingerprint density at radius 1 is 1.17 bits per heavy atom. The summed E-state index contributed by atoms with van der Waals surface area (Å²) in [6.07, 6.45) is 1.76. The van der Waals surface area contributed by atoms with Crippen LogP contribution in [0.2, 0.25) is 0 Å². The second-order valence-corrected chi connectivity index (χ2v) is 10.4. The molecule has 1 atom stereocenters. The van der Waals surface area contributed by atoms with Gasteiger partial charge in [0.1, 0.15) is 6.04 Å². The van der Waals surface area contributed by atoms with E-state index in [1.54, 1.807) is 19.2 Å². The van der Waals surface area contributed by atoms with Gasteiger partial charge in [0.15, 0.2) is 0 Å². The van der Waals surface area contributed by atoms with Crippen molar-refractivity contribution in [2.75, 3.05) is 0 Å². The molecule has 0 spiro atoms. The van der Waals surface area contributed by atoms with Gasteiger partial charge in [-0.2, -0.15) is 4.72 Å². The number of aryl methyl sites for hydroxylation is 1. The van der Waals surface area contributed by atoms with E-state index in [4.69, 9.17) is 0 Å². The van der Waals surface area contributed by atoms with Crippen LogP contribution in [0.15, 0.2) is 47.5 Å². The van der Waals surface area contributed by atoms with Gasteiger partial charge in [-0.25, -0.2) is 8.42 Å². The Hall–Kier alpha value is -2.64. The quantitative estimate of drug-likeness (QED) is 0.551. The number of H-pyrrole nitrogens is 1. The van der Waals surface area contributed by atoms with Crippen LogP contribution in [0.5, 0.6) is 0 Å². The zero-order chi connectivity index (χ0) is 22.3. The summed E-state index contributed by atoms with van der Waals surface area (Å²) >= 11 is 0. The highest BCUT2D eigenvalue weighted by atomic mass is 32.2. The fraction of sp³-hybridized carbons (Fsp3) is 0.348. The van der Waals surface area contributed by atoms with E-state index in [2.05, 4.69) is 9.71 Å². The fourth-order valence-corrected chi connectivity index (χ4v) is 5.02. The van der Waals surface area contributed by atoms with Crippen molar-refractivity contribution >= 4 is 26.9 Å². The van der Waals surface area contributed by atoms with Crippen LogP contribution in [0.25, 0.3) is 10.9 Å². The van der Waals surface area contributed by atoms with Gasteiger partial charge in [0.2, 0.25) is 10.0 Å². The zero-order valence-corrected chi connectivity index (χ0v) is 18.7. The molecule has 7 heteroatoms. The second-order valence-electron chi connectivity index (χ2n) is 8.74. The molecule has 0 saturated heterocycles. The minimum Gasteiger partial charge on any atom is -0.480 e. The van der Waals surface area contributed by atoms with Gasteiger partial charge in [0.25, 0.3) is 0 Å². The molecule has 30 heavy (non-hydrogen) atoms. The maximum atomic E-state index is 13.2. The molecule has 3 rings (SSSR count). The first kappa shape index (κ1) is 22.1. The third-order valence-electron chi connectivity index (χ3n) is 5.47. The Morgan fingerprint density at radius 2 is 1.83 bits per heavy atom. The molecule has 0 amide bonds. The van der Waals surface area contributed by atoms with Crippen molar-refractivity contribution in [1.29, 1.82) is 0 Å². The molecule has 1 unspecified atom stereocenters. The van der Waals surface area contributed by atoms with Crippen LogP contribution in [-0.4, -0.2) is 30.5 Å². The van der Waals surface area contributed by atoms with E-state index < -0.39 is 22.0 Å². The number of rotatable bonds is 6. The number of aromatic amines is 1. The number of sulfonamides is 1. The zero-order valence-electron chi connectivity index (χ0n) is 17.9. The molecular weight excluding hydrogens is 400 g/mol. The molecule has 2 aromatic carbocycles. The molecule has 0 saturated carbocycles. The Labute approximate surface area is 177 Å². The summed E-state index contributed by atoms with van der Waals surface area (Å²) in [5.74, 6) is -1.22. The molecule has 0 aliphatic heterocycles. The lowest BCUT2D eigenvalue weighted by atomic mass is 9.85. The lowest BCUT2D eigenvalue weighted by molar-refractivity contribution is -0.138. The van der Waals surface area contributed by atoms with E-state index in [0.717, 1.165) is 27.6 Å². The van der Waals surface area contributed by atoms with E-state index in [1.165, 1.54) is 0 Å². The van der Waals surface area contributed by atoms with Crippen LogP contribution in [0.4, 0.5) is 0 Å². The van der Waals surface area contributed by atoms with Gasteiger partial charge in [0, 0.05) is 23.5 Å². The lowest BCUT2D eigenvalue weighted by Crippen LogP contribution is -2.42. The Bertz CT molecular complexity index is 1200. The van der Waals surface area contributed by atoms with E-state index in [9.17, 15) is 18.3 Å². The predicted molar refractivity (Wildman–Crippen MR) is 118 cm³/mol. The van der Waals surface area contributed by atoms with Crippen molar-refractivity contribution in [3.05, 3.63) is 64.8 Å². The molecule has 1 aromatic heterocycles. The third-order valence-corrected chi connectivity index (χ3v) is 7.07. The normalized spacial score (nSPS) is 13.5. The number of aliphatic carboxylic acids is 1. The molecule has 0 radical (unpaired) electrons. The van der Waals surface area contributed by atoms with Gasteiger partial charge in [0.05, 0.1) is 4.90 Å². The van der Waals surface area contributed by atoms with Crippen molar-refractivity contribution in [2.45, 2.75) is 57.4 Å². The van der Waals surface area contributed by atoms with Crippen molar-refractivity contribution in [3.63, 3.8) is 0 Å². The molecule has 6 nitrogen and oxygen atoms in total. The Kier molecular flexibility index (Phi) is 5.80. The largest absolute Gasteiger partial charge is 0.480 e. The van der Waals surface area contributed by atoms with Crippen LogP contribution in [0.3, 0.4) is 0 Å². The van der Waals surface area contributed by atoms with Gasteiger partial charge in [-0.05, 0) is 53.6 Å². The third kappa shape index (κ3) is 4.42. The van der Waals surface area contributed by atoms with E-state index in [-0.39, 0.29) is 16.7 Å². The van der Waals surface area contributed by atoms with Crippen LogP contribution >= 0.6 is 0 Å². The monoisotopic (exact) mass is 428 g/mol. The molecule has 0 fully saturated rings. The predicted octanol–water partition coefficient (Wildman–Crippen LogP) is 4.06. The Balaban J connectivity index is 1.97. The van der Waals surface area contributed by atoms with E-state index >= 15 is 0 Å². The highest BCUT2D eigenvalue weighted by Crippen LogP contribution is 2.29. The number of aromatic nitrogens is 1. The average molecular weight is 429 g/mol. The first-order chi connectivity index (χ1) is 13.9. The van der Waals surface area contributed by atoms with Gasteiger partial charge in [-0.15, -0.1) is 0 Å². The minimum absolute atomic E-state index is 0.0373. The summed E-state index contributed by atoms with van der Waals surface area (Å²) < 4.78 is 28.8.